The number of hydrogen-bond donors (Lipinski definition) is 4. The number of hydrogen-bond acceptors (Lipinski definition) is 12. The Morgan fingerprint density at radius 2 is 1.71 bits per heavy atom. The number of aromatic amines is 2. The summed E-state index contributed by atoms with van der Waals surface area (Å²) >= 11 is 1.65. The first kappa shape index (κ1) is 49.2. The molecular formula is C49H61FN10O7S. The minimum absolute atomic E-state index is 0.0894. The van der Waals surface area contributed by atoms with Crippen molar-refractivity contribution in [3.05, 3.63) is 76.5 Å². The molecule has 362 valence electrons. The fraction of sp³-hybridized carbons (Fsp3) is 0.449. The van der Waals surface area contributed by atoms with Crippen molar-refractivity contribution in [3.63, 3.8) is 0 Å². The van der Waals surface area contributed by atoms with E-state index in [1.54, 1.807) is 22.4 Å². The molecule has 2 fully saturated rings. The van der Waals surface area contributed by atoms with Gasteiger partial charge in [-0.1, -0.05) is 47.1 Å². The number of aldehydes is 1. The Kier molecular flexibility index (Phi) is 15.8. The van der Waals surface area contributed by atoms with Gasteiger partial charge in [0.2, 0.25) is 18.1 Å². The molecule has 1 aliphatic carbocycles. The summed E-state index contributed by atoms with van der Waals surface area (Å²) in [6.45, 7) is 11.3. The van der Waals surface area contributed by atoms with Crippen LogP contribution < -0.4 is 20.3 Å². The van der Waals surface area contributed by atoms with Crippen LogP contribution in [0.3, 0.4) is 0 Å². The topological polar surface area (TPSA) is 202 Å². The van der Waals surface area contributed by atoms with E-state index in [1.165, 1.54) is 26.7 Å². The van der Waals surface area contributed by atoms with E-state index >= 15 is 4.39 Å². The summed E-state index contributed by atoms with van der Waals surface area (Å²) in [5, 5.41) is 6.90. The van der Waals surface area contributed by atoms with Crippen LogP contribution in [-0.2, 0) is 19.1 Å². The number of benzene rings is 2. The summed E-state index contributed by atoms with van der Waals surface area (Å²) in [5.74, 6) is 1.76. The highest BCUT2D eigenvalue weighted by molar-refractivity contribution is 7.11. The third-order valence-electron chi connectivity index (χ3n) is 11.8. The highest BCUT2D eigenvalue weighted by Crippen LogP contribution is 2.49. The first-order valence-electron chi connectivity index (χ1n) is 23.2. The number of H-pyrrole nitrogens is 2. The lowest BCUT2D eigenvalue weighted by Crippen LogP contribution is -2.40. The van der Waals surface area contributed by atoms with E-state index in [9.17, 15) is 19.2 Å². The number of likely N-dealkylation sites (tertiary alicyclic amines) is 1. The molecule has 2 aliphatic heterocycles. The van der Waals surface area contributed by atoms with E-state index in [0.717, 1.165) is 75.9 Å². The van der Waals surface area contributed by atoms with Gasteiger partial charge in [-0.25, -0.2) is 28.9 Å². The maximum Gasteiger partial charge on any atom is 0.407 e. The van der Waals surface area contributed by atoms with Gasteiger partial charge in [0.05, 0.1) is 76.7 Å². The highest BCUT2D eigenvalue weighted by atomic mass is 32.1. The number of halogens is 1. The second-order valence-corrected chi connectivity index (χ2v) is 18.5. The Morgan fingerprint density at radius 1 is 0.971 bits per heavy atom. The summed E-state index contributed by atoms with van der Waals surface area (Å²) in [6, 6.07) is 10.9. The molecular weight excluding hydrogens is 892 g/mol. The maximum absolute atomic E-state index is 16.6. The normalized spacial score (nSPS) is 16.3. The van der Waals surface area contributed by atoms with Crippen LogP contribution in [0.2, 0.25) is 0 Å². The van der Waals surface area contributed by atoms with Crippen LogP contribution in [0.1, 0.15) is 107 Å². The third kappa shape index (κ3) is 10.8. The lowest BCUT2D eigenvalue weighted by atomic mass is 10.0. The molecule has 6 heterocycles. The molecule has 9 rings (SSSR count). The Bertz CT molecular complexity index is 2720. The molecule has 2 aromatic carbocycles. The summed E-state index contributed by atoms with van der Waals surface area (Å²) in [5.41, 5.74) is 5.09. The number of carbonyl (C=O) groups is 4. The van der Waals surface area contributed by atoms with Crippen LogP contribution in [0.25, 0.3) is 44.7 Å². The van der Waals surface area contributed by atoms with Crippen molar-refractivity contribution in [2.24, 2.45) is 5.92 Å². The number of nitrogens with one attached hydrogen (secondary N) is 4. The van der Waals surface area contributed by atoms with Crippen LogP contribution in [0.5, 0.6) is 5.75 Å². The van der Waals surface area contributed by atoms with E-state index in [-0.39, 0.29) is 24.4 Å². The quantitative estimate of drug-likeness (QED) is 0.0804. The van der Waals surface area contributed by atoms with Gasteiger partial charge in [0, 0.05) is 48.8 Å². The van der Waals surface area contributed by atoms with Gasteiger partial charge in [-0.05, 0) is 68.4 Å². The second-order valence-electron chi connectivity index (χ2n) is 17.4. The molecule has 4 N–H and O–H groups in total. The molecule has 0 spiro atoms. The Balaban J connectivity index is 0.000000429. The molecule has 19 heteroatoms. The van der Waals surface area contributed by atoms with E-state index in [4.69, 9.17) is 9.72 Å². The van der Waals surface area contributed by atoms with Gasteiger partial charge in [-0.15, -0.1) is 11.3 Å². The lowest BCUT2D eigenvalue weighted by Gasteiger charge is -2.29. The van der Waals surface area contributed by atoms with Crippen LogP contribution in [0, 0.1) is 11.7 Å². The lowest BCUT2D eigenvalue weighted by molar-refractivity contribution is -0.131. The van der Waals surface area contributed by atoms with Gasteiger partial charge in [0.1, 0.15) is 30.2 Å². The number of rotatable bonds is 13. The van der Waals surface area contributed by atoms with Crippen molar-refractivity contribution in [2.45, 2.75) is 97.4 Å². The fourth-order valence-electron chi connectivity index (χ4n) is 8.19. The van der Waals surface area contributed by atoms with Gasteiger partial charge < -0.3 is 49.4 Å². The molecule has 0 bridgehead atoms. The molecule has 0 radical (unpaired) electrons. The number of methoxy groups -OCH3 is 2. The number of fused-ring (bicyclic) bond motifs is 5. The first-order valence-corrected chi connectivity index (χ1v) is 24.0. The van der Waals surface area contributed by atoms with E-state index in [1.807, 2.05) is 45.4 Å². The van der Waals surface area contributed by atoms with Crippen molar-refractivity contribution >= 4 is 52.6 Å². The minimum Gasteiger partial charge on any atom is -0.464 e. The third-order valence-corrected chi connectivity index (χ3v) is 13.0. The Morgan fingerprint density at radius 3 is 2.40 bits per heavy atom. The molecule has 68 heavy (non-hydrogen) atoms. The van der Waals surface area contributed by atoms with Crippen LogP contribution in [0.15, 0.2) is 55.0 Å². The summed E-state index contributed by atoms with van der Waals surface area (Å²) in [7, 11) is 4.54. The van der Waals surface area contributed by atoms with E-state index < -0.39 is 30.3 Å². The van der Waals surface area contributed by atoms with Gasteiger partial charge in [-0.3, -0.25) is 9.36 Å². The second kappa shape index (κ2) is 21.9. The molecule has 1 saturated carbocycles. The van der Waals surface area contributed by atoms with Gasteiger partial charge in [0.15, 0.2) is 0 Å². The molecule has 1 saturated heterocycles. The van der Waals surface area contributed by atoms with Crippen LogP contribution >= 0.6 is 11.3 Å². The number of anilines is 1. The number of aromatic nitrogens is 6. The number of amides is 3. The molecule has 3 atom stereocenters. The zero-order chi connectivity index (χ0) is 48.6. The summed E-state index contributed by atoms with van der Waals surface area (Å²) in [4.78, 5) is 71.0. The number of imidazole rings is 2. The number of alkyl carbamates (subject to hydrolysis) is 2. The largest absolute Gasteiger partial charge is 0.464 e. The van der Waals surface area contributed by atoms with Crippen molar-refractivity contribution < 1.29 is 37.8 Å². The van der Waals surface area contributed by atoms with E-state index in [2.05, 4.69) is 88.5 Å². The predicted octanol–water partition coefficient (Wildman–Crippen LogP) is 9.35. The van der Waals surface area contributed by atoms with E-state index in [0.29, 0.717) is 53.6 Å². The van der Waals surface area contributed by atoms with Gasteiger partial charge in [-0.2, -0.15) is 0 Å². The van der Waals surface area contributed by atoms with Crippen molar-refractivity contribution in [2.75, 3.05) is 45.8 Å². The van der Waals surface area contributed by atoms with Gasteiger partial charge in [0.25, 0.3) is 0 Å². The van der Waals surface area contributed by atoms with Crippen molar-refractivity contribution in [1.29, 1.82) is 0 Å². The average Bonchev–Trinajstić information content (AvgIpc) is 3.93. The maximum atomic E-state index is 16.6. The molecule has 6 aromatic rings. The number of nitrogens with zero attached hydrogens (tertiary/aromatic N) is 6. The summed E-state index contributed by atoms with van der Waals surface area (Å²) < 4.78 is 34.4. The average molecular weight is 953 g/mol. The first-order chi connectivity index (χ1) is 32.8. The Labute approximate surface area is 399 Å². The number of carbonyl (C=O) groups excluding carboxylic acids is 4. The molecule has 4 aromatic heterocycles. The predicted molar refractivity (Wildman–Crippen MR) is 259 cm³/mol. The van der Waals surface area contributed by atoms with Crippen molar-refractivity contribution in [3.8, 4) is 39.5 Å². The fourth-order valence-corrected chi connectivity index (χ4v) is 9.30. The Hall–Kier alpha value is -6.76. The number of ether oxygens (including phenoxy) is 3. The zero-order valence-electron chi connectivity index (χ0n) is 39.9. The van der Waals surface area contributed by atoms with Crippen LogP contribution in [-0.4, -0.2) is 106 Å². The molecule has 3 unspecified atom stereocenters. The van der Waals surface area contributed by atoms with Gasteiger partial charge >= 0.3 is 12.2 Å². The minimum atomic E-state index is -0.666. The molecule has 3 aliphatic rings. The number of thiazole rings is 1. The zero-order valence-corrected chi connectivity index (χ0v) is 40.7. The van der Waals surface area contributed by atoms with Crippen LogP contribution in [0.4, 0.5) is 19.9 Å². The smallest absolute Gasteiger partial charge is 0.407 e. The molecule has 17 nitrogen and oxygen atoms in total. The standard InChI is InChI=1S/C39H40FN9O4S.C7H13NO3.C3H8/c1-4-11-47(2)38-43-18-26(46-38)22-9-10-28-24(13-22)15-30-34-25(40)14-23(16-31(34)53-37(49(28)30)32-19-42-36(54-32)21-7-8-21)27-17-41-35(45-27)29-6-5-12-48(29)33(50)20-44-39(51)52-3;1-5(2)6(4-9)8-7(10)11-3;1-3-2/h9-10,13-19,21,29,37H,4-8,11-12,20H2,1-3H3,(H,41,45)(H,43,46)(H,44,51);4-6H,1-3H3,(H,8,10);3H2,1-2H3. The summed E-state index contributed by atoms with van der Waals surface area (Å²) in [6.07, 6.45) is 10.4. The monoisotopic (exact) mass is 952 g/mol. The SMILES string of the molecule is CCC.CCCN(C)c1ncc(-c2ccc3c(c2)cc2n3C(c3cnc(C4CC4)s3)Oc3cc(-c4cnc(C5CCCN5C(=O)CNC(=O)OC)[nH]4)cc(F)c3-2)[nH]1.COC(=O)NC(C=O)C(C)C. The molecule has 3 amide bonds. The van der Waals surface area contributed by atoms with Crippen molar-refractivity contribution in [1.82, 2.24) is 45.0 Å². The highest BCUT2D eigenvalue weighted by Gasteiger charge is 2.36.